The minimum Gasteiger partial charge on any atom is -0.505 e. The zero-order valence-corrected chi connectivity index (χ0v) is 28.0. The number of aryl methyl sites for hydroxylation is 2. The Morgan fingerprint density at radius 3 is 2.52 bits per heavy atom. The molecule has 46 heavy (non-hydrogen) atoms. The van der Waals surface area contributed by atoms with E-state index in [-0.39, 0.29) is 22.2 Å². The number of imidazole rings is 1. The van der Waals surface area contributed by atoms with E-state index in [1.165, 1.54) is 28.0 Å². The van der Waals surface area contributed by atoms with Gasteiger partial charge in [0.2, 0.25) is 5.13 Å². The van der Waals surface area contributed by atoms with Crippen LogP contribution in [0.1, 0.15) is 60.3 Å². The van der Waals surface area contributed by atoms with Gasteiger partial charge in [-0.15, -0.1) is 10.2 Å². The Morgan fingerprint density at radius 2 is 1.80 bits per heavy atom. The van der Waals surface area contributed by atoms with E-state index in [4.69, 9.17) is 16.3 Å². The summed E-state index contributed by atoms with van der Waals surface area (Å²) in [5.74, 6) is -0.649. The monoisotopic (exact) mass is 673 g/mol. The number of Topliss-reactive ketones (excluding diaryl/α,β-unsaturated/α-hetero) is 1. The van der Waals surface area contributed by atoms with Crippen molar-refractivity contribution in [2.75, 3.05) is 11.5 Å². The van der Waals surface area contributed by atoms with Crippen molar-refractivity contribution in [2.45, 2.75) is 56.2 Å². The molecule has 236 valence electrons. The first-order chi connectivity index (χ1) is 22.3. The lowest BCUT2D eigenvalue weighted by atomic mass is 9.96. The Kier molecular flexibility index (Phi) is 9.44. The summed E-state index contributed by atoms with van der Waals surface area (Å²) in [6.07, 6.45) is 4.97. The Morgan fingerprint density at radius 1 is 1.04 bits per heavy atom. The van der Waals surface area contributed by atoms with Gasteiger partial charge in [-0.05, 0) is 67.3 Å². The van der Waals surface area contributed by atoms with E-state index < -0.39 is 17.7 Å². The molecule has 0 spiro atoms. The number of halogens is 1. The zero-order valence-electron chi connectivity index (χ0n) is 25.6. The predicted octanol–water partition coefficient (Wildman–Crippen LogP) is 7.94. The average Bonchev–Trinajstić information content (AvgIpc) is 3.74. The van der Waals surface area contributed by atoms with E-state index in [2.05, 4.69) is 22.1 Å². The average molecular weight is 674 g/mol. The van der Waals surface area contributed by atoms with Gasteiger partial charge < -0.3 is 14.2 Å². The quantitative estimate of drug-likeness (QED) is 0.0376. The molecule has 5 aromatic rings. The second-order valence-corrected chi connectivity index (χ2v) is 13.6. The summed E-state index contributed by atoms with van der Waals surface area (Å²) in [5.41, 5.74) is 4.07. The number of pyridine rings is 1. The van der Waals surface area contributed by atoms with Crippen LogP contribution in [0.3, 0.4) is 0 Å². The number of nitrogens with zero attached hydrogens (tertiary/aromatic N) is 5. The van der Waals surface area contributed by atoms with Crippen LogP contribution in [0.15, 0.2) is 76.8 Å². The number of carbonyl (C=O) groups is 2. The Balaban J connectivity index is 1.39. The van der Waals surface area contributed by atoms with Crippen LogP contribution in [0.5, 0.6) is 5.75 Å². The molecule has 0 saturated carbocycles. The normalized spacial score (nSPS) is 16.1. The smallest absolute Gasteiger partial charge is 0.301 e. The maximum atomic E-state index is 13.8. The summed E-state index contributed by atoms with van der Waals surface area (Å²) in [6.45, 7) is 6.48. The maximum Gasteiger partial charge on any atom is 0.301 e. The first-order valence-electron chi connectivity index (χ1n) is 15.0. The van der Waals surface area contributed by atoms with Gasteiger partial charge in [-0.1, -0.05) is 84.8 Å². The zero-order chi connectivity index (χ0) is 32.4. The number of unbranched alkanes of at least 4 members (excludes halogenated alkanes) is 2. The standard InChI is InChI=1S/C34H32ClN5O4S2/c1-4-5-6-18-44-25-15-11-23(12-16-25)28-26(29(41)27-21(3)39-17-7-8-20(2)31(39)36-27)30(42)32(43)40(28)33-37-38-34(46-33)45-19-22-9-13-24(35)14-10-22/h7-17,28,41H,4-6,18-19H2,1-3H3/b29-26+. The number of aromatic nitrogens is 4. The van der Waals surface area contributed by atoms with Crippen molar-refractivity contribution in [3.05, 3.63) is 106 Å². The maximum absolute atomic E-state index is 13.8. The minimum absolute atomic E-state index is 0.0589. The highest BCUT2D eigenvalue weighted by Gasteiger charge is 2.49. The molecule has 9 nitrogen and oxygen atoms in total. The van der Waals surface area contributed by atoms with Crippen LogP contribution in [0.2, 0.25) is 5.02 Å². The van der Waals surface area contributed by atoms with Crippen molar-refractivity contribution in [1.82, 2.24) is 19.6 Å². The van der Waals surface area contributed by atoms with Crippen molar-refractivity contribution in [3.8, 4) is 5.75 Å². The SMILES string of the molecule is CCCCCOc1ccc(C2/C(=C(\O)c3nc4c(C)cccn4c3C)C(=O)C(=O)N2c2nnc(SCc3ccc(Cl)cc3)s2)cc1. The molecule has 1 amide bonds. The molecule has 3 aromatic heterocycles. The lowest BCUT2D eigenvalue weighted by Crippen LogP contribution is -2.29. The summed E-state index contributed by atoms with van der Waals surface area (Å²) in [5, 5.41) is 21.3. The Labute approximate surface area is 279 Å². The number of hydrogen-bond donors (Lipinski definition) is 1. The number of ether oxygens (including phenoxy) is 1. The summed E-state index contributed by atoms with van der Waals surface area (Å²) in [7, 11) is 0. The fourth-order valence-electron chi connectivity index (χ4n) is 5.39. The van der Waals surface area contributed by atoms with Crippen molar-refractivity contribution < 1.29 is 19.4 Å². The fraction of sp³-hybridized carbons (Fsp3) is 0.265. The number of hydrogen-bond acceptors (Lipinski definition) is 9. The van der Waals surface area contributed by atoms with Gasteiger partial charge in [0.1, 0.15) is 17.1 Å². The number of carbonyl (C=O) groups excluding carboxylic acids is 2. The number of fused-ring (bicyclic) bond motifs is 1. The summed E-state index contributed by atoms with van der Waals surface area (Å²) in [4.78, 5) is 33.5. The van der Waals surface area contributed by atoms with Crippen LogP contribution in [0.4, 0.5) is 5.13 Å². The van der Waals surface area contributed by atoms with Gasteiger partial charge in [-0.3, -0.25) is 14.5 Å². The van der Waals surface area contributed by atoms with Gasteiger partial charge in [-0.2, -0.15) is 0 Å². The van der Waals surface area contributed by atoms with E-state index in [1.807, 2.05) is 85.1 Å². The molecule has 2 aromatic carbocycles. The Bertz CT molecular complexity index is 1940. The molecule has 0 radical (unpaired) electrons. The van der Waals surface area contributed by atoms with Crippen LogP contribution in [-0.4, -0.2) is 43.0 Å². The van der Waals surface area contributed by atoms with Gasteiger partial charge in [0.15, 0.2) is 10.1 Å². The molecule has 1 aliphatic heterocycles. The molecule has 1 atom stereocenters. The van der Waals surface area contributed by atoms with Crippen LogP contribution < -0.4 is 9.64 Å². The first-order valence-corrected chi connectivity index (χ1v) is 17.1. The fourth-order valence-corrected chi connectivity index (χ4v) is 7.34. The third kappa shape index (κ3) is 6.27. The molecule has 1 N–H and O–H groups in total. The number of aliphatic hydroxyl groups is 1. The van der Waals surface area contributed by atoms with Gasteiger partial charge in [0.25, 0.3) is 5.78 Å². The third-order valence-electron chi connectivity index (χ3n) is 7.84. The molecule has 1 unspecified atom stereocenters. The molecule has 1 fully saturated rings. The van der Waals surface area contributed by atoms with Gasteiger partial charge in [-0.25, -0.2) is 4.98 Å². The highest BCUT2D eigenvalue weighted by atomic mass is 35.5. The molecule has 4 heterocycles. The van der Waals surface area contributed by atoms with Crippen LogP contribution in [0.25, 0.3) is 11.4 Å². The lowest BCUT2D eigenvalue weighted by molar-refractivity contribution is -0.132. The Hall–Kier alpha value is -4.19. The number of benzene rings is 2. The number of rotatable bonds is 11. The van der Waals surface area contributed by atoms with Crippen molar-refractivity contribution in [3.63, 3.8) is 0 Å². The van der Waals surface area contributed by atoms with E-state index in [0.717, 1.165) is 30.4 Å². The number of ketones is 1. The first kappa shape index (κ1) is 31.8. The number of amides is 1. The summed E-state index contributed by atoms with van der Waals surface area (Å²) < 4.78 is 8.39. The molecule has 6 rings (SSSR count). The molecule has 0 bridgehead atoms. The second-order valence-electron chi connectivity index (χ2n) is 11.0. The molecule has 1 aliphatic rings. The third-order valence-corrected chi connectivity index (χ3v) is 10.2. The van der Waals surface area contributed by atoms with Crippen molar-refractivity contribution in [1.29, 1.82) is 0 Å². The highest BCUT2D eigenvalue weighted by Crippen LogP contribution is 2.44. The van der Waals surface area contributed by atoms with Crippen LogP contribution in [-0.2, 0) is 15.3 Å². The molecular weight excluding hydrogens is 642 g/mol. The topological polar surface area (TPSA) is 110 Å². The predicted molar refractivity (Wildman–Crippen MR) is 182 cm³/mol. The highest BCUT2D eigenvalue weighted by molar-refractivity contribution is 8.00. The van der Waals surface area contributed by atoms with Gasteiger partial charge in [0, 0.05) is 17.0 Å². The summed E-state index contributed by atoms with van der Waals surface area (Å²) in [6, 6.07) is 17.6. The molecule has 12 heteroatoms. The van der Waals surface area contributed by atoms with E-state index in [1.54, 1.807) is 0 Å². The van der Waals surface area contributed by atoms with E-state index in [9.17, 15) is 14.7 Å². The largest absolute Gasteiger partial charge is 0.505 e. The minimum atomic E-state index is -0.957. The van der Waals surface area contributed by atoms with E-state index in [0.29, 0.717) is 44.4 Å². The van der Waals surface area contributed by atoms with Gasteiger partial charge in [0.05, 0.1) is 23.9 Å². The van der Waals surface area contributed by atoms with Crippen molar-refractivity contribution in [2.24, 2.45) is 0 Å². The van der Waals surface area contributed by atoms with Crippen LogP contribution >= 0.6 is 34.7 Å². The molecule has 0 aliphatic carbocycles. The number of thioether (sulfide) groups is 1. The van der Waals surface area contributed by atoms with Gasteiger partial charge >= 0.3 is 5.91 Å². The van der Waals surface area contributed by atoms with Crippen LogP contribution in [0, 0.1) is 13.8 Å². The summed E-state index contributed by atoms with van der Waals surface area (Å²) >= 11 is 8.70. The number of aliphatic hydroxyl groups excluding tert-OH is 1. The van der Waals surface area contributed by atoms with Crippen molar-refractivity contribution >= 4 is 62.9 Å². The number of anilines is 1. The molecule has 1 saturated heterocycles. The lowest BCUT2D eigenvalue weighted by Gasteiger charge is -2.22. The second kappa shape index (κ2) is 13.7. The van der Waals surface area contributed by atoms with E-state index >= 15 is 0 Å². The molecular formula is C34H32ClN5O4S2.